The highest BCUT2D eigenvalue weighted by atomic mass is 15.3. The summed E-state index contributed by atoms with van der Waals surface area (Å²) in [6, 6.07) is 17.4. The Bertz CT molecular complexity index is 572. The minimum atomic E-state index is 0.468. The highest BCUT2D eigenvalue weighted by Gasteiger charge is 2.23. The summed E-state index contributed by atoms with van der Waals surface area (Å²) in [4.78, 5) is 9.36. The Kier molecular flexibility index (Phi) is 5.75. The van der Waals surface area contributed by atoms with Crippen LogP contribution in [-0.4, -0.2) is 48.1 Å². The molecule has 1 N–H and O–H groups in total. The second-order valence-corrected chi connectivity index (χ2v) is 6.24. The van der Waals surface area contributed by atoms with Gasteiger partial charge in [0.15, 0.2) is 0 Å². The van der Waals surface area contributed by atoms with Gasteiger partial charge < -0.3 is 0 Å². The zero-order valence-corrected chi connectivity index (χ0v) is 13.9. The molecule has 1 aromatic heterocycles. The standard InChI is InChI=1S/C19H26N4/c1-22-12-7-13-23(15-19(22)17-8-3-2-4-9-17)16-20-14-18-10-5-6-11-21-18/h2-6,8-11,19-20H,7,12-16H2,1H3. The van der Waals surface area contributed by atoms with Gasteiger partial charge in [-0.2, -0.15) is 0 Å². The van der Waals surface area contributed by atoms with Crippen LogP contribution < -0.4 is 5.32 Å². The van der Waals surface area contributed by atoms with Crippen LogP contribution in [0.1, 0.15) is 23.7 Å². The molecule has 122 valence electrons. The van der Waals surface area contributed by atoms with Gasteiger partial charge in [0.1, 0.15) is 0 Å². The number of aromatic nitrogens is 1. The van der Waals surface area contributed by atoms with E-state index in [4.69, 9.17) is 0 Å². The number of rotatable bonds is 5. The maximum absolute atomic E-state index is 4.37. The summed E-state index contributed by atoms with van der Waals surface area (Å²) < 4.78 is 0. The molecule has 1 aliphatic rings. The van der Waals surface area contributed by atoms with E-state index in [1.807, 2.05) is 18.3 Å². The van der Waals surface area contributed by atoms with E-state index in [1.165, 1.54) is 12.0 Å². The molecule has 2 heterocycles. The predicted molar refractivity (Wildman–Crippen MR) is 93.9 cm³/mol. The molecular weight excluding hydrogens is 284 g/mol. The normalized spacial score (nSPS) is 20.3. The van der Waals surface area contributed by atoms with E-state index >= 15 is 0 Å². The topological polar surface area (TPSA) is 31.4 Å². The van der Waals surface area contributed by atoms with Crippen LogP contribution >= 0.6 is 0 Å². The van der Waals surface area contributed by atoms with E-state index < -0.39 is 0 Å². The van der Waals surface area contributed by atoms with Crippen LogP contribution in [-0.2, 0) is 6.54 Å². The fourth-order valence-corrected chi connectivity index (χ4v) is 3.20. The number of benzene rings is 1. The van der Waals surface area contributed by atoms with Crippen LogP contribution in [0.15, 0.2) is 54.7 Å². The van der Waals surface area contributed by atoms with E-state index in [9.17, 15) is 0 Å². The maximum Gasteiger partial charge on any atom is 0.0542 e. The minimum Gasteiger partial charge on any atom is -0.299 e. The van der Waals surface area contributed by atoms with Crippen molar-refractivity contribution in [3.63, 3.8) is 0 Å². The first-order chi connectivity index (χ1) is 11.3. The van der Waals surface area contributed by atoms with Gasteiger partial charge in [-0.3, -0.25) is 20.1 Å². The molecular formula is C19H26N4. The summed E-state index contributed by atoms with van der Waals surface area (Å²) in [6.07, 6.45) is 3.06. The lowest BCUT2D eigenvalue weighted by atomic mass is 10.1. The molecule has 4 heteroatoms. The van der Waals surface area contributed by atoms with Crippen LogP contribution in [0.5, 0.6) is 0 Å². The largest absolute Gasteiger partial charge is 0.299 e. The molecule has 23 heavy (non-hydrogen) atoms. The van der Waals surface area contributed by atoms with E-state index in [0.29, 0.717) is 6.04 Å². The third-order valence-corrected chi connectivity index (χ3v) is 4.50. The molecule has 2 aromatic rings. The molecule has 1 fully saturated rings. The molecule has 0 bridgehead atoms. The second-order valence-electron chi connectivity index (χ2n) is 6.24. The average Bonchev–Trinajstić information content (AvgIpc) is 2.78. The van der Waals surface area contributed by atoms with Crippen LogP contribution in [0.4, 0.5) is 0 Å². The van der Waals surface area contributed by atoms with Gasteiger partial charge in [-0.1, -0.05) is 36.4 Å². The second kappa shape index (κ2) is 8.20. The molecule has 0 spiro atoms. The Labute approximate surface area is 139 Å². The Balaban J connectivity index is 1.57. The summed E-state index contributed by atoms with van der Waals surface area (Å²) in [5.41, 5.74) is 2.51. The van der Waals surface area contributed by atoms with Crippen molar-refractivity contribution in [1.29, 1.82) is 0 Å². The Hall–Kier alpha value is -1.75. The highest BCUT2D eigenvalue weighted by Crippen LogP contribution is 2.23. The summed E-state index contributed by atoms with van der Waals surface area (Å²) in [5, 5.41) is 3.53. The van der Waals surface area contributed by atoms with Gasteiger partial charge >= 0.3 is 0 Å². The smallest absolute Gasteiger partial charge is 0.0542 e. The Morgan fingerprint density at radius 2 is 1.91 bits per heavy atom. The van der Waals surface area contributed by atoms with Gasteiger partial charge in [0, 0.05) is 38.5 Å². The minimum absolute atomic E-state index is 0.468. The third-order valence-electron chi connectivity index (χ3n) is 4.50. The van der Waals surface area contributed by atoms with Gasteiger partial charge in [-0.05, 0) is 37.7 Å². The van der Waals surface area contributed by atoms with Crippen molar-refractivity contribution >= 4 is 0 Å². The van der Waals surface area contributed by atoms with Crippen molar-refractivity contribution in [2.24, 2.45) is 0 Å². The first-order valence-electron chi connectivity index (χ1n) is 8.41. The highest BCUT2D eigenvalue weighted by molar-refractivity contribution is 5.19. The van der Waals surface area contributed by atoms with E-state index in [-0.39, 0.29) is 0 Å². The SMILES string of the molecule is CN1CCCN(CNCc2ccccn2)CC1c1ccccc1. The van der Waals surface area contributed by atoms with Crippen LogP contribution in [0.3, 0.4) is 0 Å². The lowest BCUT2D eigenvalue weighted by molar-refractivity contribution is 0.199. The number of pyridine rings is 1. The zero-order valence-electron chi connectivity index (χ0n) is 13.9. The summed E-state index contributed by atoms with van der Waals surface area (Å²) in [6.45, 7) is 5.09. The molecule has 0 saturated carbocycles. The molecule has 1 aromatic carbocycles. The molecule has 0 aliphatic carbocycles. The summed E-state index contributed by atoms with van der Waals surface area (Å²) in [7, 11) is 2.24. The molecule has 1 saturated heterocycles. The quantitative estimate of drug-likeness (QED) is 0.919. The van der Waals surface area contributed by atoms with Crippen molar-refractivity contribution in [3.8, 4) is 0 Å². The average molecular weight is 310 g/mol. The van der Waals surface area contributed by atoms with Gasteiger partial charge in [-0.15, -0.1) is 0 Å². The van der Waals surface area contributed by atoms with Crippen LogP contribution in [0.2, 0.25) is 0 Å². The Morgan fingerprint density at radius 1 is 1.09 bits per heavy atom. The lowest BCUT2D eigenvalue weighted by Gasteiger charge is -2.29. The maximum atomic E-state index is 4.37. The van der Waals surface area contributed by atoms with E-state index in [1.54, 1.807) is 0 Å². The van der Waals surface area contributed by atoms with Crippen LogP contribution in [0.25, 0.3) is 0 Å². The molecule has 1 unspecified atom stereocenters. The predicted octanol–water partition coefficient (Wildman–Crippen LogP) is 2.51. The van der Waals surface area contributed by atoms with Gasteiger partial charge in [0.25, 0.3) is 0 Å². The van der Waals surface area contributed by atoms with Crippen molar-refractivity contribution in [2.75, 3.05) is 33.4 Å². The Morgan fingerprint density at radius 3 is 2.70 bits per heavy atom. The fraction of sp³-hybridized carbons (Fsp3) is 0.421. The van der Waals surface area contributed by atoms with Gasteiger partial charge in [0.2, 0.25) is 0 Å². The third kappa shape index (κ3) is 4.61. The monoisotopic (exact) mass is 310 g/mol. The molecule has 0 amide bonds. The number of nitrogens with one attached hydrogen (secondary N) is 1. The number of hydrogen-bond acceptors (Lipinski definition) is 4. The van der Waals surface area contributed by atoms with Crippen molar-refractivity contribution in [1.82, 2.24) is 20.1 Å². The number of nitrogens with zero attached hydrogens (tertiary/aromatic N) is 3. The summed E-state index contributed by atoms with van der Waals surface area (Å²) >= 11 is 0. The molecule has 1 atom stereocenters. The molecule has 4 nitrogen and oxygen atoms in total. The van der Waals surface area contributed by atoms with E-state index in [2.05, 4.69) is 63.5 Å². The zero-order chi connectivity index (χ0) is 15.9. The number of hydrogen-bond donors (Lipinski definition) is 1. The van der Waals surface area contributed by atoms with E-state index in [0.717, 1.165) is 38.5 Å². The summed E-state index contributed by atoms with van der Waals surface area (Å²) in [5.74, 6) is 0. The number of likely N-dealkylation sites (N-methyl/N-ethyl adjacent to an activating group) is 1. The van der Waals surface area contributed by atoms with Crippen molar-refractivity contribution < 1.29 is 0 Å². The molecule has 1 aliphatic heterocycles. The first kappa shape index (κ1) is 16.1. The fourth-order valence-electron chi connectivity index (χ4n) is 3.20. The van der Waals surface area contributed by atoms with Crippen molar-refractivity contribution in [3.05, 3.63) is 66.0 Å². The first-order valence-corrected chi connectivity index (χ1v) is 8.41. The van der Waals surface area contributed by atoms with Gasteiger partial charge in [-0.25, -0.2) is 0 Å². The van der Waals surface area contributed by atoms with Gasteiger partial charge in [0.05, 0.1) is 5.69 Å². The molecule has 3 rings (SSSR count). The van der Waals surface area contributed by atoms with Crippen LogP contribution in [0, 0.1) is 0 Å². The lowest BCUT2D eigenvalue weighted by Crippen LogP contribution is -2.38. The molecule has 0 radical (unpaired) electrons. The van der Waals surface area contributed by atoms with Crippen molar-refractivity contribution in [2.45, 2.75) is 19.0 Å².